The summed E-state index contributed by atoms with van der Waals surface area (Å²) < 4.78 is 27.3. The number of aromatic nitrogens is 1. The SMILES string of the molecule is CCSC1CCC(NS(=O)(=O)c2ccc(NC)nc2)C1. The highest BCUT2D eigenvalue weighted by Crippen LogP contribution is 2.30. The van der Waals surface area contributed by atoms with E-state index >= 15 is 0 Å². The van der Waals surface area contributed by atoms with Gasteiger partial charge in [-0.3, -0.25) is 0 Å². The van der Waals surface area contributed by atoms with E-state index in [0.29, 0.717) is 11.1 Å². The van der Waals surface area contributed by atoms with Crippen molar-refractivity contribution in [3.63, 3.8) is 0 Å². The molecule has 0 bridgehead atoms. The zero-order valence-corrected chi connectivity index (χ0v) is 13.4. The van der Waals surface area contributed by atoms with E-state index in [1.54, 1.807) is 19.2 Å². The second kappa shape index (κ2) is 6.78. The van der Waals surface area contributed by atoms with Crippen LogP contribution >= 0.6 is 11.8 Å². The minimum absolute atomic E-state index is 0.0491. The number of thioether (sulfide) groups is 1. The van der Waals surface area contributed by atoms with E-state index in [2.05, 4.69) is 21.9 Å². The Kier molecular flexibility index (Phi) is 5.29. The van der Waals surface area contributed by atoms with Gasteiger partial charge in [-0.05, 0) is 37.1 Å². The first-order valence-corrected chi connectivity index (χ1v) is 9.36. The summed E-state index contributed by atoms with van der Waals surface area (Å²) in [6, 6.07) is 3.29. The van der Waals surface area contributed by atoms with Crippen molar-refractivity contribution in [2.45, 2.75) is 42.4 Å². The Balaban J connectivity index is 2.00. The van der Waals surface area contributed by atoms with Gasteiger partial charge in [-0.2, -0.15) is 11.8 Å². The lowest BCUT2D eigenvalue weighted by molar-refractivity contribution is 0.552. The third-order valence-corrected chi connectivity index (χ3v) is 6.15. The third kappa shape index (κ3) is 3.86. The van der Waals surface area contributed by atoms with Gasteiger partial charge in [0.2, 0.25) is 10.0 Å². The Bertz CT molecular complexity index is 531. The summed E-state index contributed by atoms with van der Waals surface area (Å²) in [5, 5.41) is 3.45. The molecule has 1 heterocycles. The molecule has 1 saturated carbocycles. The molecule has 1 aromatic heterocycles. The van der Waals surface area contributed by atoms with Crippen molar-refractivity contribution in [3.8, 4) is 0 Å². The molecule has 2 unspecified atom stereocenters. The van der Waals surface area contributed by atoms with Gasteiger partial charge in [0.25, 0.3) is 0 Å². The Morgan fingerprint density at radius 1 is 1.40 bits per heavy atom. The van der Waals surface area contributed by atoms with E-state index in [-0.39, 0.29) is 10.9 Å². The molecule has 0 aromatic carbocycles. The number of pyridine rings is 1. The minimum atomic E-state index is -3.46. The molecule has 0 radical (unpaired) electrons. The van der Waals surface area contributed by atoms with E-state index in [4.69, 9.17) is 0 Å². The van der Waals surface area contributed by atoms with Crippen LogP contribution in [0.25, 0.3) is 0 Å². The number of hydrogen-bond donors (Lipinski definition) is 2. The molecular formula is C13H21N3O2S2. The molecule has 5 nitrogen and oxygen atoms in total. The van der Waals surface area contributed by atoms with Crippen LogP contribution in [0.5, 0.6) is 0 Å². The summed E-state index contributed by atoms with van der Waals surface area (Å²) in [7, 11) is -1.71. The first kappa shape index (κ1) is 15.6. The predicted molar refractivity (Wildman–Crippen MR) is 83.7 cm³/mol. The number of anilines is 1. The molecule has 20 heavy (non-hydrogen) atoms. The number of nitrogens with one attached hydrogen (secondary N) is 2. The fourth-order valence-corrected chi connectivity index (χ4v) is 4.78. The van der Waals surface area contributed by atoms with Crippen molar-refractivity contribution in [2.75, 3.05) is 18.1 Å². The number of hydrogen-bond acceptors (Lipinski definition) is 5. The molecule has 0 spiro atoms. The number of nitrogens with zero attached hydrogens (tertiary/aromatic N) is 1. The summed E-state index contributed by atoms with van der Waals surface area (Å²) in [6.07, 6.45) is 4.31. The van der Waals surface area contributed by atoms with Crippen molar-refractivity contribution in [2.24, 2.45) is 0 Å². The monoisotopic (exact) mass is 315 g/mol. The topological polar surface area (TPSA) is 71.1 Å². The normalized spacial score (nSPS) is 22.9. The molecule has 1 aliphatic carbocycles. The quantitative estimate of drug-likeness (QED) is 0.841. The second-order valence-electron chi connectivity index (χ2n) is 4.84. The Morgan fingerprint density at radius 2 is 2.20 bits per heavy atom. The van der Waals surface area contributed by atoms with E-state index in [1.807, 2.05) is 11.8 Å². The maximum Gasteiger partial charge on any atom is 0.242 e. The van der Waals surface area contributed by atoms with Crippen LogP contribution in [0.15, 0.2) is 23.2 Å². The number of rotatable bonds is 6. The third-order valence-electron chi connectivity index (χ3n) is 3.41. The van der Waals surface area contributed by atoms with Gasteiger partial charge >= 0.3 is 0 Å². The summed E-state index contributed by atoms with van der Waals surface area (Å²) >= 11 is 1.91. The van der Waals surface area contributed by atoms with Crippen molar-refractivity contribution >= 4 is 27.6 Å². The lowest BCUT2D eigenvalue weighted by atomic mass is 10.3. The summed E-state index contributed by atoms with van der Waals surface area (Å²) in [5.41, 5.74) is 0. The maximum atomic E-state index is 12.3. The molecular weight excluding hydrogens is 294 g/mol. The van der Waals surface area contributed by atoms with Crippen molar-refractivity contribution in [3.05, 3.63) is 18.3 Å². The van der Waals surface area contributed by atoms with Crippen molar-refractivity contribution in [1.82, 2.24) is 9.71 Å². The maximum absolute atomic E-state index is 12.3. The van der Waals surface area contributed by atoms with Crippen LogP contribution in [0, 0.1) is 0 Å². The van der Waals surface area contributed by atoms with Crippen LogP contribution in [0.1, 0.15) is 26.2 Å². The van der Waals surface area contributed by atoms with E-state index < -0.39 is 10.0 Å². The van der Waals surface area contributed by atoms with E-state index in [1.165, 1.54) is 6.20 Å². The lowest BCUT2D eigenvalue weighted by Gasteiger charge is -2.13. The summed E-state index contributed by atoms with van der Waals surface area (Å²) in [6.45, 7) is 2.14. The molecule has 2 rings (SSSR count). The molecule has 0 saturated heterocycles. The lowest BCUT2D eigenvalue weighted by Crippen LogP contribution is -2.33. The smallest absolute Gasteiger partial charge is 0.242 e. The zero-order valence-electron chi connectivity index (χ0n) is 11.8. The summed E-state index contributed by atoms with van der Waals surface area (Å²) in [5.74, 6) is 1.74. The van der Waals surface area contributed by atoms with E-state index in [0.717, 1.165) is 25.0 Å². The van der Waals surface area contributed by atoms with Gasteiger partial charge in [-0.25, -0.2) is 18.1 Å². The van der Waals surface area contributed by atoms with Gasteiger partial charge < -0.3 is 5.32 Å². The fourth-order valence-electron chi connectivity index (χ4n) is 2.41. The Morgan fingerprint density at radius 3 is 2.80 bits per heavy atom. The fraction of sp³-hybridized carbons (Fsp3) is 0.615. The molecule has 1 aliphatic rings. The van der Waals surface area contributed by atoms with Gasteiger partial charge in [0, 0.05) is 24.5 Å². The highest BCUT2D eigenvalue weighted by molar-refractivity contribution is 7.99. The molecule has 7 heteroatoms. The zero-order chi connectivity index (χ0) is 14.6. The molecule has 112 valence electrons. The molecule has 0 aliphatic heterocycles. The summed E-state index contributed by atoms with van der Waals surface area (Å²) in [4.78, 5) is 4.27. The molecule has 1 fully saturated rings. The highest BCUT2D eigenvalue weighted by atomic mass is 32.2. The first-order chi connectivity index (χ1) is 9.55. The second-order valence-corrected chi connectivity index (χ2v) is 8.13. The van der Waals surface area contributed by atoms with Gasteiger partial charge in [-0.15, -0.1) is 0 Å². The average Bonchev–Trinajstić information content (AvgIpc) is 2.86. The van der Waals surface area contributed by atoms with Crippen molar-refractivity contribution in [1.29, 1.82) is 0 Å². The Labute approximate surface area is 125 Å². The molecule has 1 aromatic rings. The van der Waals surface area contributed by atoms with Gasteiger partial charge in [0.1, 0.15) is 10.7 Å². The van der Waals surface area contributed by atoms with Crippen LogP contribution in [-0.4, -0.2) is 37.5 Å². The van der Waals surface area contributed by atoms with Gasteiger partial charge in [0.15, 0.2) is 0 Å². The van der Waals surface area contributed by atoms with Crippen LogP contribution in [0.4, 0.5) is 5.82 Å². The first-order valence-electron chi connectivity index (χ1n) is 6.83. The van der Waals surface area contributed by atoms with Crippen LogP contribution in [0.2, 0.25) is 0 Å². The molecule has 2 atom stereocenters. The van der Waals surface area contributed by atoms with Crippen LogP contribution < -0.4 is 10.0 Å². The van der Waals surface area contributed by atoms with Gasteiger partial charge in [0.05, 0.1) is 0 Å². The number of sulfonamides is 1. The van der Waals surface area contributed by atoms with Crippen LogP contribution in [-0.2, 0) is 10.0 Å². The highest BCUT2D eigenvalue weighted by Gasteiger charge is 2.28. The van der Waals surface area contributed by atoms with Crippen molar-refractivity contribution < 1.29 is 8.42 Å². The largest absolute Gasteiger partial charge is 0.373 e. The van der Waals surface area contributed by atoms with Gasteiger partial charge in [-0.1, -0.05) is 6.92 Å². The standard InChI is InChI=1S/C13H21N3O2S2/c1-3-19-11-5-4-10(8-11)16-20(17,18)12-6-7-13(14-2)15-9-12/h6-7,9-11,16H,3-5,8H2,1-2H3,(H,14,15). The Hall–Kier alpha value is -0.790. The molecule has 2 N–H and O–H groups in total. The van der Waals surface area contributed by atoms with E-state index in [9.17, 15) is 8.42 Å². The minimum Gasteiger partial charge on any atom is -0.373 e. The molecule has 0 amide bonds. The predicted octanol–water partition coefficient (Wildman–Crippen LogP) is 2.08. The average molecular weight is 315 g/mol. The van der Waals surface area contributed by atoms with Crippen LogP contribution in [0.3, 0.4) is 0 Å².